The lowest BCUT2D eigenvalue weighted by atomic mass is 10.2. The fraction of sp³-hybridized carbons (Fsp3) is 0.222. The lowest BCUT2D eigenvalue weighted by Gasteiger charge is -2.04. The molecule has 70 valence electrons. The van der Waals surface area contributed by atoms with Crippen molar-refractivity contribution in [2.24, 2.45) is 5.73 Å². The maximum absolute atomic E-state index is 10.9. The highest BCUT2D eigenvalue weighted by Crippen LogP contribution is 2.19. The normalized spacial score (nSPS) is 9.77. The van der Waals surface area contributed by atoms with Gasteiger partial charge in [0.25, 0.3) is 0 Å². The van der Waals surface area contributed by atoms with Gasteiger partial charge in [-0.25, -0.2) is 0 Å². The van der Waals surface area contributed by atoms with Crippen LogP contribution in [0.15, 0.2) is 18.2 Å². The van der Waals surface area contributed by atoms with Gasteiger partial charge in [-0.1, -0.05) is 17.7 Å². The first-order chi connectivity index (χ1) is 6.13. The Bertz CT molecular complexity index is 325. The topological polar surface area (TPSA) is 55.1 Å². The van der Waals surface area contributed by atoms with Crippen LogP contribution in [0.1, 0.15) is 5.56 Å². The number of benzene rings is 1. The van der Waals surface area contributed by atoms with Crippen molar-refractivity contribution < 1.29 is 4.79 Å². The summed E-state index contributed by atoms with van der Waals surface area (Å²) in [5.41, 5.74) is 6.79. The van der Waals surface area contributed by atoms with Crippen LogP contribution in [0.2, 0.25) is 5.02 Å². The van der Waals surface area contributed by atoms with E-state index in [9.17, 15) is 4.79 Å². The quantitative estimate of drug-likeness (QED) is 0.758. The SMILES string of the molecule is Cc1ccc(NC(=O)CN)cc1Cl. The molecule has 4 heteroatoms. The van der Waals surface area contributed by atoms with Crippen LogP contribution in [0.3, 0.4) is 0 Å². The third-order valence-electron chi connectivity index (χ3n) is 1.64. The summed E-state index contributed by atoms with van der Waals surface area (Å²) in [5, 5.41) is 3.25. The number of hydrogen-bond acceptors (Lipinski definition) is 2. The third kappa shape index (κ3) is 2.72. The number of nitrogens with two attached hydrogens (primary N) is 1. The van der Waals surface area contributed by atoms with Crippen molar-refractivity contribution in [2.45, 2.75) is 6.92 Å². The Labute approximate surface area is 81.9 Å². The van der Waals surface area contributed by atoms with Crippen LogP contribution in [0.4, 0.5) is 5.69 Å². The number of carbonyl (C=O) groups is 1. The second-order valence-electron chi connectivity index (χ2n) is 2.72. The van der Waals surface area contributed by atoms with Gasteiger partial charge in [-0.05, 0) is 24.6 Å². The Hall–Kier alpha value is -1.06. The monoisotopic (exact) mass is 198 g/mol. The number of aryl methyl sites for hydroxylation is 1. The van der Waals surface area contributed by atoms with E-state index in [-0.39, 0.29) is 12.5 Å². The molecule has 1 amide bonds. The lowest BCUT2D eigenvalue weighted by molar-refractivity contribution is -0.114. The van der Waals surface area contributed by atoms with Gasteiger partial charge in [0.2, 0.25) is 5.91 Å². The van der Waals surface area contributed by atoms with Crippen LogP contribution in [0, 0.1) is 6.92 Å². The lowest BCUT2D eigenvalue weighted by Crippen LogP contribution is -2.21. The number of amides is 1. The zero-order valence-electron chi connectivity index (χ0n) is 7.30. The fourth-order valence-corrected chi connectivity index (χ4v) is 1.06. The van der Waals surface area contributed by atoms with E-state index in [0.717, 1.165) is 5.56 Å². The Morgan fingerprint density at radius 1 is 1.62 bits per heavy atom. The molecule has 0 aliphatic heterocycles. The van der Waals surface area contributed by atoms with Gasteiger partial charge < -0.3 is 11.1 Å². The Morgan fingerprint density at radius 2 is 2.31 bits per heavy atom. The van der Waals surface area contributed by atoms with Gasteiger partial charge in [0.05, 0.1) is 6.54 Å². The minimum absolute atomic E-state index is 0.0223. The first kappa shape index (κ1) is 10.0. The van der Waals surface area contributed by atoms with Crippen molar-refractivity contribution in [1.82, 2.24) is 0 Å². The van der Waals surface area contributed by atoms with E-state index < -0.39 is 0 Å². The minimum Gasteiger partial charge on any atom is -0.325 e. The summed E-state index contributed by atoms with van der Waals surface area (Å²) in [6, 6.07) is 5.33. The summed E-state index contributed by atoms with van der Waals surface area (Å²) in [4.78, 5) is 10.9. The standard InChI is InChI=1S/C9H11ClN2O/c1-6-2-3-7(4-8(6)10)12-9(13)5-11/h2-4H,5,11H2,1H3,(H,12,13). The fourth-order valence-electron chi connectivity index (χ4n) is 0.883. The summed E-state index contributed by atoms with van der Waals surface area (Å²) in [5.74, 6) is -0.222. The molecule has 0 fully saturated rings. The summed E-state index contributed by atoms with van der Waals surface area (Å²) < 4.78 is 0. The molecule has 0 spiro atoms. The predicted octanol–water partition coefficient (Wildman–Crippen LogP) is 1.55. The second-order valence-corrected chi connectivity index (χ2v) is 3.12. The molecule has 0 bridgehead atoms. The van der Waals surface area contributed by atoms with Gasteiger partial charge in [-0.15, -0.1) is 0 Å². The molecule has 3 N–H and O–H groups in total. The van der Waals surface area contributed by atoms with Crippen LogP contribution in [-0.4, -0.2) is 12.5 Å². The van der Waals surface area contributed by atoms with Crippen LogP contribution < -0.4 is 11.1 Å². The van der Waals surface area contributed by atoms with E-state index in [1.165, 1.54) is 0 Å². The average Bonchev–Trinajstić information content (AvgIpc) is 2.11. The zero-order chi connectivity index (χ0) is 9.84. The van der Waals surface area contributed by atoms with Crippen molar-refractivity contribution >= 4 is 23.2 Å². The largest absolute Gasteiger partial charge is 0.325 e. The van der Waals surface area contributed by atoms with Gasteiger partial charge in [-0.3, -0.25) is 4.79 Å². The molecular formula is C9H11ClN2O. The molecule has 1 aromatic carbocycles. The van der Waals surface area contributed by atoms with Gasteiger partial charge in [0.1, 0.15) is 0 Å². The smallest absolute Gasteiger partial charge is 0.238 e. The summed E-state index contributed by atoms with van der Waals surface area (Å²) in [7, 11) is 0. The van der Waals surface area contributed by atoms with Crippen molar-refractivity contribution in [3.63, 3.8) is 0 Å². The van der Waals surface area contributed by atoms with E-state index in [1.807, 2.05) is 13.0 Å². The number of rotatable bonds is 2. The molecule has 0 saturated heterocycles. The maximum Gasteiger partial charge on any atom is 0.238 e. The molecule has 0 unspecified atom stereocenters. The number of nitrogens with one attached hydrogen (secondary N) is 1. The molecule has 0 aliphatic rings. The molecule has 1 aromatic rings. The number of anilines is 1. The molecule has 0 aromatic heterocycles. The molecule has 13 heavy (non-hydrogen) atoms. The van der Waals surface area contributed by atoms with Crippen LogP contribution in [0.5, 0.6) is 0 Å². The highest BCUT2D eigenvalue weighted by molar-refractivity contribution is 6.31. The third-order valence-corrected chi connectivity index (χ3v) is 2.05. The molecule has 3 nitrogen and oxygen atoms in total. The van der Waals surface area contributed by atoms with E-state index in [1.54, 1.807) is 12.1 Å². The van der Waals surface area contributed by atoms with E-state index in [2.05, 4.69) is 5.32 Å². The van der Waals surface area contributed by atoms with Crippen molar-refractivity contribution in [3.05, 3.63) is 28.8 Å². The molecule has 0 atom stereocenters. The summed E-state index contributed by atoms with van der Waals surface area (Å²) in [6.45, 7) is 1.88. The highest BCUT2D eigenvalue weighted by atomic mass is 35.5. The molecule has 0 saturated carbocycles. The van der Waals surface area contributed by atoms with E-state index >= 15 is 0 Å². The van der Waals surface area contributed by atoms with E-state index in [4.69, 9.17) is 17.3 Å². The molecule has 0 heterocycles. The first-order valence-corrected chi connectivity index (χ1v) is 4.27. The highest BCUT2D eigenvalue weighted by Gasteiger charge is 2.00. The van der Waals surface area contributed by atoms with Crippen LogP contribution in [-0.2, 0) is 4.79 Å². The van der Waals surface area contributed by atoms with Crippen molar-refractivity contribution in [1.29, 1.82) is 0 Å². The Kier molecular flexibility index (Phi) is 3.28. The first-order valence-electron chi connectivity index (χ1n) is 3.89. The van der Waals surface area contributed by atoms with Gasteiger partial charge in [0.15, 0.2) is 0 Å². The molecular weight excluding hydrogens is 188 g/mol. The number of halogens is 1. The van der Waals surface area contributed by atoms with Crippen LogP contribution >= 0.6 is 11.6 Å². The van der Waals surface area contributed by atoms with Crippen LogP contribution in [0.25, 0.3) is 0 Å². The maximum atomic E-state index is 10.9. The minimum atomic E-state index is -0.222. The van der Waals surface area contributed by atoms with Gasteiger partial charge in [-0.2, -0.15) is 0 Å². The zero-order valence-corrected chi connectivity index (χ0v) is 8.06. The Morgan fingerprint density at radius 3 is 2.85 bits per heavy atom. The summed E-state index contributed by atoms with van der Waals surface area (Å²) in [6.07, 6.45) is 0. The molecule has 0 aliphatic carbocycles. The second kappa shape index (κ2) is 4.25. The van der Waals surface area contributed by atoms with E-state index in [0.29, 0.717) is 10.7 Å². The van der Waals surface area contributed by atoms with Gasteiger partial charge in [0, 0.05) is 10.7 Å². The number of hydrogen-bond donors (Lipinski definition) is 2. The molecule has 1 rings (SSSR count). The van der Waals surface area contributed by atoms with Gasteiger partial charge >= 0.3 is 0 Å². The predicted molar refractivity (Wildman–Crippen MR) is 53.9 cm³/mol. The van der Waals surface area contributed by atoms with Crippen molar-refractivity contribution in [2.75, 3.05) is 11.9 Å². The molecule has 0 radical (unpaired) electrons. The summed E-state index contributed by atoms with van der Waals surface area (Å²) >= 11 is 5.86. The Balaban J connectivity index is 2.79. The average molecular weight is 199 g/mol. The number of carbonyl (C=O) groups excluding carboxylic acids is 1. The van der Waals surface area contributed by atoms with Crippen molar-refractivity contribution in [3.8, 4) is 0 Å².